The summed E-state index contributed by atoms with van der Waals surface area (Å²) in [7, 11) is 0. The number of fused-ring (bicyclic) bond motifs is 1. The van der Waals surface area contributed by atoms with E-state index in [1.807, 2.05) is 18.2 Å². The summed E-state index contributed by atoms with van der Waals surface area (Å²) in [6, 6.07) is 11.6. The molecule has 0 spiro atoms. The largest absolute Gasteiger partial charge is 0.463 e. The van der Waals surface area contributed by atoms with Gasteiger partial charge in [-0.2, -0.15) is 0 Å². The number of carbonyl (C=O) groups is 1. The van der Waals surface area contributed by atoms with Crippen molar-refractivity contribution in [3.05, 3.63) is 64.6 Å². The molecule has 0 aliphatic heterocycles. The summed E-state index contributed by atoms with van der Waals surface area (Å²) >= 11 is 3.08. The first-order chi connectivity index (χ1) is 9.65. The number of amides is 1. The second kappa shape index (κ2) is 5.09. The molecule has 0 saturated carbocycles. The first kappa shape index (κ1) is 12.9. The fourth-order valence-electron chi connectivity index (χ4n) is 1.93. The number of anilines is 1. The molecular weight excluding hydrogens is 325 g/mol. The van der Waals surface area contributed by atoms with Crippen molar-refractivity contribution in [1.29, 1.82) is 0 Å². The van der Waals surface area contributed by atoms with Gasteiger partial charge in [-0.05, 0) is 40.2 Å². The lowest BCUT2D eigenvalue weighted by Crippen LogP contribution is -2.11. The zero-order valence-corrected chi connectivity index (χ0v) is 11.8. The first-order valence-corrected chi connectivity index (χ1v) is 6.67. The Labute approximate surface area is 122 Å². The van der Waals surface area contributed by atoms with E-state index in [0.717, 1.165) is 5.39 Å². The van der Waals surface area contributed by atoms with Crippen LogP contribution in [0.3, 0.4) is 0 Å². The molecule has 0 aliphatic rings. The molecule has 1 heterocycles. The third-order valence-electron chi connectivity index (χ3n) is 2.90. The van der Waals surface area contributed by atoms with E-state index >= 15 is 0 Å². The first-order valence-electron chi connectivity index (χ1n) is 5.88. The van der Waals surface area contributed by atoms with Gasteiger partial charge in [0.05, 0.1) is 10.0 Å². The Morgan fingerprint density at radius 3 is 2.80 bits per heavy atom. The standard InChI is InChI=1S/C15H9BrFNO2/c16-12-7-9(5-6-13(12)17)18-15(19)11-8-20-14-4-2-1-3-10(11)14/h1-8H,(H,18,19). The van der Waals surface area contributed by atoms with E-state index in [0.29, 0.717) is 21.3 Å². The fraction of sp³-hybridized carbons (Fsp3) is 0. The molecule has 1 amide bonds. The molecule has 3 rings (SSSR count). The van der Waals surface area contributed by atoms with Gasteiger partial charge in [-0.1, -0.05) is 18.2 Å². The third kappa shape index (κ3) is 2.32. The summed E-state index contributed by atoms with van der Waals surface area (Å²) in [5.74, 6) is -0.676. The van der Waals surface area contributed by atoms with Gasteiger partial charge < -0.3 is 9.73 Å². The molecule has 5 heteroatoms. The van der Waals surface area contributed by atoms with E-state index in [2.05, 4.69) is 21.2 Å². The molecule has 0 atom stereocenters. The van der Waals surface area contributed by atoms with Crippen LogP contribution >= 0.6 is 15.9 Å². The number of hydrogen-bond donors (Lipinski definition) is 1. The summed E-state index contributed by atoms with van der Waals surface area (Å²) in [6.45, 7) is 0. The molecule has 1 N–H and O–H groups in total. The number of carbonyl (C=O) groups excluding carboxylic acids is 1. The van der Waals surface area contributed by atoms with E-state index in [9.17, 15) is 9.18 Å². The summed E-state index contributed by atoms with van der Waals surface area (Å²) in [5, 5.41) is 3.45. The van der Waals surface area contributed by atoms with Crippen LogP contribution in [-0.4, -0.2) is 5.91 Å². The van der Waals surface area contributed by atoms with E-state index in [4.69, 9.17) is 4.42 Å². The highest BCUT2D eigenvalue weighted by molar-refractivity contribution is 9.10. The smallest absolute Gasteiger partial charge is 0.259 e. The van der Waals surface area contributed by atoms with Crippen molar-refractivity contribution in [2.75, 3.05) is 5.32 Å². The fourth-order valence-corrected chi connectivity index (χ4v) is 2.30. The van der Waals surface area contributed by atoms with Gasteiger partial charge in [0.15, 0.2) is 0 Å². The van der Waals surface area contributed by atoms with Crippen LogP contribution in [0.2, 0.25) is 0 Å². The maximum Gasteiger partial charge on any atom is 0.259 e. The summed E-state index contributed by atoms with van der Waals surface area (Å²) in [6.07, 6.45) is 1.42. The van der Waals surface area contributed by atoms with Crippen molar-refractivity contribution < 1.29 is 13.6 Å². The molecule has 0 fully saturated rings. The summed E-state index contributed by atoms with van der Waals surface area (Å²) in [5.41, 5.74) is 1.60. The van der Waals surface area contributed by atoms with Gasteiger partial charge in [0.25, 0.3) is 5.91 Å². The maximum absolute atomic E-state index is 13.1. The van der Waals surface area contributed by atoms with Crippen LogP contribution in [0.25, 0.3) is 11.0 Å². The second-order valence-electron chi connectivity index (χ2n) is 4.23. The topological polar surface area (TPSA) is 42.2 Å². The highest BCUT2D eigenvalue weighted by Crippen LogP contribution is 2.23. The quantitative estimate of drug-likeness (QED) is 0.745. The molecule has 2 aromatic carbocycles. The average Bonchev–Trinajstić information content (AvgIpc) is 2.87. The molecule has 100 valence electrons. The number of halogens is 2. The number of nitrogens with one attached hydrogen (secondary N) is 1. The number of furan rings is 1. The Hall–Kier alpha value is -2.14. The number of para-hydroxylation sites is 1. The minimum Gasteiger partial charge on any atom is -0.463 e. The Bertz CT molecular complexity index is 797. The van der Waals surface area contributed by atoms with Gasteiger partial charge in [-0.3, -0.25) is 4.79 Å². The normalized spacial score (nSPS) is 10.7. The van der Waals surface area contributed by atoms with Crippen molar-refractivity contribution in [3.63, 3.8) is 0 Å². The Morgan fingerprint density at radius 1 is 1.20 bits per heavy atom. The zero-order valence-electron chi connectivity index (χ0n) is 10.2. The monoisotopic (exact) mass is 333 g/mol. The van der Waals surface area contributed by atoms with Crippen LogP contribution in [0.5, 0.6) is 0 Å². The highest BCUT2D eigenvalue weighted by Gasteiger charge is 2.13. The van der Waals surface area contributed by atoms with Gasteiger partial charge in [0, 0.05) is 11.1 Å². The lowest BCUT2D eigenvalue weighted by molar-refractivity contribution is 0.102. The van der Waals surface area contributed by atoms with E-state index in [-0.39, 0.29) is 11.7 Å². The van der Waals surface area contributed by atoms with Crippen LogP contribution in [0, 0.1) is 5.82 Å². The Balaban J connectivity index is 1.91. The molecule has 0 aliphatic carbocycles. The Kier molecular flexibility index (Phi) is 3.28. The number of benzene rings is 2. The minimum absolute atomic E-state index is 0.298. The van der Waals surface area contributed by atoms with Crippen molar-refractivity contribution in [3.8, 4) is 0 Å². The lowest BCUT2D eigenvalue weighted by atomic mass is 10.1. The molecule has 20 heavy (non-hydrogen) atoms. The summed E-state index contributed by atoms with van der Waals surface area (Å²) in [4.78, 5) is 12.2. The average molecular weight is 334 g/mol. The van der Waals surface area contributed by atoms with Crippen LogP contribution in [0.1, 0.15) is 10.4 Å². The minimum atomic E-state index is -0.378. The molecule has 0 bridgehead atoms. The van der Waals surface area contributed by atoms with Gasteiger partial charge in [-0.25, -0.2) is 4.39 Å². The number of rotatable bonds is 2. The Morgan fingerprint density at radius 2 is 2.00 bits per heavy atom. The van der Waals surface area contributed by atoms with Crippen molar-refractivity contribution >= 4 is 38.5 Å². The molecule has 0 unspecified atom stereocenters. The maximum atomic E-state index is 13.1. The van der Waals surface area contributed by atoms with Gasteiger partial charge >= 0.3 is 0 Å². The highest BCUT2D eigenvalue weighted by atomic mass is 79.9. The second-order valence-corrected chi connectivity index (χ2v) is 5.08. The van der Waals surface area contributed by atoms with Crippen LogP contribution in [-0.2, 0) is 0 Å². The van der Waals surface area contributed by atoms with Gasteiger partial charge in [0.2, 0.25) is 0 Å². The predicted molar refractivity (Wildman–Crippen MR) is 78.3 cm³/mol. The lowest BCUT2D eigenvalue weighted by Gasteiger charge is -2.05. The van der Waals surface area contributed by atoms with Crippen LogP contribution < -0.4 is 5.32 Å². The number of hydrogen-bond acceptors (Lipinski definition) is 2. The van der Waals surface area contributed by atoms with Crippen molar-refractivity contribution in [1.82, 2.24) is 0 Å². The molecule has 1 aromatic heterocycles. The summed E-state index contributed by atoms with van der Waals surface area (Å²) < 4.78 is 18.8. The molecule has 3 aromatic rings. The third-order valence-corrected chi connectivity index (χ3v) is 3.51. The van der Waals surface area contributed by atoms with E-state index in [1.165, 1.54) is 24.5 Å². The van der Waals surface area contributed by atoms with Gasteiger partial charge in [-0.15, -0.1) is 0 Å². The zero-order chi connectivity index (χ0) is 14.1. The van der Waals surface area contributed by atoms with Crippen molar-refractivity contribution in [2.45, 2.75) is 0 Å². The molecule has 3 nitrogen and oxygen atoms in total. The molecule has 0 radical (unpaired) electrons. The van der Waals surface area contributed by atoms with Crippen molar-refractivity contribution in [2.24, 2.45) is 0 Å². The van der Waals surface area contributed by atoms with E-state index in [1.54, 1.807) is 6.07 Å². The molecular formula is C15H9BrFNO2. The SMILES string of the molecule is O=C(Nc1ccc(F)c(Br)c1)c1coc2ccccc12. The van der Waals surface area contributed by atoms with Gasteiger partial charge in [0.1, 0.15) is 17.7 Å². The van der Waals surface area contributed by atoms with Crippen LogP contribution in [0.4, 0.5) is 10.1 Å². The predicted octanol–water partition coefficient (Wildman–Crippen LogP) is 4.59. The molecule has 0 saturated heterocycles. The van der Waals surface area contributed by atoms with Crippen LogP contribution in [0.15, 0.2) is 57.6 Å². The van der Waals surface area contributed by atoms with E-state index < -0.39 is 0 Å².